The molecule has 0 spiro atoms. The van der Waals surface area contributed by atoms with E-state index in [1.165, 1.54) is 13.0 Å². The van der Waals surface area contributed by atoms with E-state index in [1.54, 1.807) is 0 Å². The first kappa shape index (κ1) is 14.2. The van der Waals surface area contributed by atoms with Crippen LogP contribution in [0.25, 0.3) is 0 Å². The summed E-state index contributed by atoms with van der Waals surface area (Å²) in [7, 11) is 0. The van der Waals surface area contributed by atoms with E-state index in [0.717, 1.165) is 17.7 Å². The maximum atomic E-state index is 12.6. The largest absolute Gasteiger partial charge is 0.416 e. The lowest BCUT2D eigenvalue weighted by Crippen LogP contribution is -2.10. The monoisotopic (exact) mass is 308 g/mol. The Kier molecular flexibility index (Phi) is 4.36. The number of benzene rings is 1. The Bertz CT molecular complexity index is 426. The fraction of sp³-hybridized carbons (Fsp3) is 0.417. The van der Waals surface area contributed by atoms with Crippen LogP contribution in [-0.4, -0.2) is 5.78 Å². The molecule has 1 aromatic carbocycles. The minimum atomic E-state index is -4.38. The van der Waals surface area contributed by atoms with Gasteiger partial charge in [-0.15, -0.1) is 0 Å². The van der Waals surface area contributed by atoms with Gasteiger partial charge in [-0.1, -0.05) is 28.9 Å². The molecule has 0 aliphatic heterocycles. The molecule has 1 aromatic rings. The van der Waals surface area contributed by atoms with Crippen molar-refractivity contribution in [3.63, 3.8) is 0 Å². The Morgan fingerprint density at radius 2 is 2.00 bits per heavy atom. The Hall–Kier alpha value is -0.840. The van der Waals surface area contributed by atoms with Crippen LogP contribution >= 0.6 is 15.9 Å². The second kappa shape index (κ2) is 5.21. The van der Waals surface area contributed by atoms with E-state index >= 15 is 0 Å². The summed E-state index contributed by atoms with van der Waals surface area (Å²) >= 11 is 3.13. The van der Waals surface area contributed by atoms with Gasteiger partial charge >= 0.3 is 6.18 Å². The van der Waals surface area contributed by atoms with Crippen molar-refractivity contribution in [1.82, 2.24) is 0 Å². The molecule has 0 saturated heterocycles. The van der Waals surface area contributed by atoms with Gasteiger partial charge in [0, 0.05) is 0 Å². The number of carbonyl (C=O) groups is 1. The van der Waals surface area contributed by atoms with Crippen LogP contribution in [0.15, 0.2) is 18.2 Å². The highest BCUT2D eigenvalue weighted by molar-refractivity contribution is 9.09. The summed E-state index contributed by atoms with van der Waals surface area (Å²) in [5.74, 6) is -0.209. The highest BCUT2D eigenvalue weighted by Crippen LogP contribution is 2.34. The van der Waals surface area contributed by atoms with Crippen molar-refractivity contribution in [2.75, 3.05) is 0 Å². The van der Waals surface area contributed by atoms with Crippen LogP contribution in [0.4, 0.5) is 13.2 Å². The van der Waals surface area contributed by atoms with Crippen LogP contribution in [0.5, 0.6) is 0 Å². The van der Waals surface area contributed by atoms with Gasteiger partial charge in [0.05, 0.1) is 10.4 Å². The summed E-state index contributed by atoms with van der Waals surface area (Å²) in [6.45, 7) is 3.19. The van der Waals surface area contributed by atoms with Crippen molar-refractivity contribution < 1.29 is 18.0 Å². The average Bonchev–Trinajstić information content (AvgIpc) is 2.25. The first-order chi connectivity index (χ1) is 7.77. The second-order valence-electron chi connectivity index (χ2n) is 3.74. The van der Waals surface area contributed by atoms with Gasteiger partial charge in [-0.3, -0.25) is 4.79 Å². The molecule has 0 heterocycles. The van der Waals surface area contributed by atoms with E-state index < -0.39 is 16.6 Å². The predicted molar refractivity (Wildman–Crippen MR) is 63.2 cm³/mol. The second-order valence-corrected chi connectivity index (χ2v) is 4.65. The van der Waals surface area contributed by atoms with Crippen LogP contribution in [0.2, 0.25) is 0 Å². The fourth-order valence-corrected chi connectivity index (χ4v) is 1.97. The van der Waals surface area contributed by atoms with Crippen LogP contribution in [0.3, 0.4) is 0 Å². The predicted octanol–water partition coefficient (Wildman–Crippen LogP) is 4.29. The van der Waals surface area contributed by atoms with Gasteiger partial charge in [0.15, 0.2) is 0 Å². The molecular weight excluding hydrogens is 297 g/mol. The average molecular weight is 309 g/mol. The molecule has 1 nitrogen and oxygen atoms in total. The molecule has 0 aliphatic rings. The SMILES string of the molecule is CCc1ccc(C(F)(F)F)cc1C(Br)C(C)=O. The third-order valence-corrected chi connectivity index (χ3v) is 3.62. The van der Waals surface area contributed by atoms with Gasteiger partial charge < -0.3 is 0 Å². The van der Waals surface area contributed by atoms with Crippen LogP contribution in [0, 0.1) is 0 Å². The zero-order valence-corrected chi connectivity index (χ0v) is 11.0. The minimum Gasteiger partial charge on any atom is -0.298 e. The van der Waals surface area contributed by atoms with Crippen molar-refractivity contribution in [3.8, 4) is 0 Å². The quantitative estimate of drug-likeness (QED) is 0.761. The Balaban J connectivity index is 3.29. The van der Waals surface area contributed by atoms with E-state index in [2.05, 4.69) is 15.9 Å². The molecule has 0 aliphatic carbocycles. The number of aryl methyl sites for hydroxylation is 1. The Morgan fingerprint density at radius 3 is 2.41 bits per heavy atom. The first-order valence-electron chi connectivity index (χ1n) is 5.12. The number of halogens is 4. The highest BCUT2D eigenvalue weighted by Gasteiger charge is 2.31. The third kappa shape index (κ3) is 3.31. The minimum absolute atomic E-state index is 0.209. The summed E-state index contributed by atoms with van der Waals surface area (Å²) in [4.78, 5) is 10.6. The van der Waals surface area contributed by atoms with Crippen molar-refractivity contribution in [1.29, 1.82) is 0 Å². The summed E-state index contributed by atoms with van der Waals surface area (Å²) in [6.07, 6.45) is -3.80. The van der Waals surface area contributed by atoms with Gasteiger partial charge in [-0.2, -0.15) is 13.2 Å². The summed E-state index contributed by atoms with van der Waals surface area (Å²) in [5, 5.41) is 0. The summed E-state index contributed by atoms with van der Waals surface area (Å²) < 4.78 is 37.7. The number of hydrogen-bond donors (Lipinski definition) is 0. The lowest BCUT2D eigenvalue weighted by Gasteiger charge is -2.15. The Morgan fingerprint density at radius 1 is 1.41 bits per heavy atom. The maximum absolute atomic E-state index is 12.6. The molecule has 0 saturated carbocycles. The molecule has 94 valence electrons. The molecule has 1 rings (SSSR count). The lowest BCUT2D eigenvalue weighted by molar-refractivity contribution is -0.137. The van der Waals surface area contributed by atoms with Crippen molar-refractivity contribution >= 4 is 21.7 Å². The molecule has 1 unspecified atom stereocenters. The van der Waals surface area contributed by atoms with Crippen molar-refractivity contribution in [2.24, 2.45) is 0 Å². The van der Waals surface area contributed by atoms with E-state index in [-0.39, 0.29) is 5.78 Å². The number of rotatable bonds is 3. The Labute approximate surface area is 106 Å². The molecule has 0 aromatic heterocycles. The number of alkyl halides is 4. The van der Waals surface area contributed by atoms with Gasteiger partial charge in [0.2, 0.25) is 0 Å². The molecule has 5 heteroatoms. The molecule has 0 radical (unpaired) electrons. The molecule has 17 heavy (non-hydrogen) atoms. The standard InChI is InChI=1S/C12H12BrF3O/c1-3-8-4-5-9(12(14,15)16)6-10(8)11(13)7(2)17/h4-6,11H,3H2,1-2H3. The molecule has 0 N–H and O–H groups in total. The van der Waals surface area contributed by atoms with Crippen LogP contribution in [0.1, 0.15) is 35.4 Å². The van der Waals surface area contributed by atoms with E-state index in [9.17, 15) is 18.0 Å². The van der Waals surface area contributed by atoms with Crippen LogP contribution in [-0.2, 0) is 17.4 Å². The third-order valence-electron chi connectivity index (χ3n) is 2.48. The number of carbonyl (C=O) groups excluding carboxylic acids is 1. The van der Waals surface area contributed by atoms with E-state index in [4.69, 9.17) is 0 Å². The fourth-order valence-electron chi connectivity index (χ4n) is 1.55. The maximum Gasteiger partial charge on any atom is 0.416 e. The summed E-state index contributed by atoms with van der Waals surface area (Å²) in [5.41, 5.74) is 0.417. The zero-order chi connectivity index (χ0) is 13.2. The van der Waals surface area contributed by atoms with Gasteiger partial charge in [0.1, 0.15) is 5.78 Å². The number of hydrogen-bond acceptors (Lipinski definition) is 1. The molecular formula is C12H12BrF3O. The van der Waals surface area contributed by atoms with Crippen LogP contribution < -0.4 is 0 Å². The highest BCUT2D eigenvalue weighted by atomic mass is 79.9. The van der Waals surface area contributed by atoms with Gasteiger partial charge in [-0.25, -0.2) is 0 Å². The van der Waals surface area contributed by atoms with Crippen molar-refractivity contribution in [2.45, 2.75) is 31.3 Å². The van der Waals surface area contributed by atoms with Gasteiger partial charge in [-0.05, 0) is 36.6 Å². The normalized spacial score (nSPS) is 13.5. The van der Waals surface area contributed by atoms with Gasteiger partial charge in [0.25, 0.3) is 0 Å². The number of ketones is 1. The lowest BCUT2D eigenvalue weighted by atomic mass is 9.98. The first-order valence-corrected chi connectivity index (χ1v) is 6.03. The molecule has 0 amide bonds. The molecule has 0 bridgehead atoms. The number of Topliss-reactive ketones (excluding diaryl/α,β-unsaturated/α-hetero) is 1. The van der Waals surface area contributed by atoms with E-state index in [1.807, 2.05) is 6.92 Å². The topological polar surface area (TPSA) is 17.1 Å². The van der Waals surface area contributed by atoms with Crippen molar-refractivity contribution in [3.05, 3.63) is 34.9 Å². The zero-order valence-electron chi connectivity index (χ0n) is 9.44. The molecule has 0 fully saturated rings. The summed E-state index contributed by atoms with van der Waals surface area (Å²) in [6, 6.07) is 3.51. The molecule has 1 atom stereocenters. The van der Waals surface area contributed by atoms with E-state index in [0.29, 0.717) is 12.0 Å². The smallest absolute Gasteiger partial charge is 0.298 e.